The highest BCUT2D eigenvalue weighted by Crippen LogP contribution is 2.16. The Morgan fingerprint density at radius 3 is 2.33 bits per heavy atom. The van der Waals surface area contributed by atoms with Crippen molar-refractivity contribution in [2.45, 2.75) is 39.4 Å². The van der Waals surface area contributed by atoms with Gasteiger partial charge in [0.15, 0.2) is 5.96 Å². The molecule has 7 nitrogen and oxygen atoms in total. The second-order valence-corrected chi connectivity index (χ2v) is 7.08. The fourth-order valence-corrected chi connectivity index (χ4v) is 2.10. The van der Waals surface area contributed by atoms with Crippen molar-refractivity contribution in [3.63, 3.8) is 0 Å². The van der Waals surface area contributed by atoms with Gasteiger partial charge in [-0.2, -0.15) is 0 Å². The number of ether oxygens (including phenoxy) is 1. The van der Waals surface area contributed by atoms with Gasteiger partial charge in [-0.15, -0.1) is 24.0 Å². The van der Waals surface area contributed by atoms with Crippen molar-refractivity contribution in [1.82, 2.24) is 16.0 Å². The quantitative estimate of drug-likeness (QED) is 0.195. The molecule has 0 aliphatic carbocycles. The first-order chi connectivity index (χ1) is 12.2. The van der Waals surface area contributed by atoms with E-state index in [1.165, 1.54) is 0 Å². The lowest BCUT2D eigenvalue weighted by molar-refractivity contribution is 0.0529. The summed E-state index contributed by atoms with van der Waals surface area (Å²) in [5.41, 5.74) is 0.228. The molecule has 154 valence electrons. The van der Waals surface area contributed by atoms with Crippen molar-refractivity contribution in [2.24, 2.45) is 4.99 Å². The van der Waals surface area contributed by atoms with Crippen molar-refractivity contribution >= 4 is 47.6 Å². The van der Waals surface area contributed by atoms with Crippen LogP contribution in [-0.4, -0.2) is 48.9 Å². The van der Waals surface area contributed by atoms with E-state index in [9.17, 15) is 9.90 Å². The minimum Gasteiger partial charge on any atom is -0.444 e. The van der Waals surface area contributed by atoms with Gasteiger partial charge < -0.3 is 25.8 Å². The molecule has 0 spiro atoms. The summed E-state index contributed by atoms with van der Waals surface area (Å²) in [6, 6.07) is 7.01. The number of aliphatic imine (C=N–C) groups is 1. The van der Waals surface area contributed by atoms with Crippen molar-refractivity contribution in [3.05, 3.63) is 34.9 Å². The average molecular weight is 513 g/mol. The molecule has 0 aliphatic heterocycles. The highest BCUT2D eigenvalue weighted by Gasteiger charge is 2.15. The molecule has 0 aliphatic rings. The van der Waals surface area contributed by atoms with Crippen LogP contribution in [0.4, 0.5) is 4.79 Å². The van der Waals surface area contributed by atoms with Gasteiger partial charge in [0.05, 0.1) is 12.6 Å². The molecule has 4 N–H and O–H groups in total. The highest BCUT2D eigenvalue weighted by molar-refractivity contribution is 14.0. The molecule has 1 aromatic rings. The lowest BCUT2D eigenvalue weighted by Gasteiger charge is -2.20. The summed E-state index contributed by atoms with van der Waals surface area (Å²) in [7, 11) is 0. The smallest absolute Gasteiger partial charge is 0.407 e. The van der Waals surface area contributed by atoms with Crippen LogP contribution < -0.4 is 16.0 Å². The van der Waals surface area contributed by atoms with Crippen LogP contribution in [0.15, 0.2) is 29.3 Å². The van der Waals surface area contributed by atoms with Crippen LogP contribution in [0.2, 0.25) is 5.02 Å². The van der Waals surface area contributed by atoms with Gasteiger partial charge in [-0.1, -0.05) is 23.7 Å². The number of aliphatic hydroxyl groups is 1. The number of aliphatic hydroxyl groups excluding tert-OH is 1. The lowest BCUT2D eigenvalue weighted by Crippen LogP contribution is -2.42. The number of amides is 1. The van der Waals surface area contributed by atoms with E-state index in [4.69, 9.17) is 16.3 Å². The van der Waals surface area contributed by atoms with Gasteiger partial charge in [-0.3, -0.25) is 4.99 Å². The number of nitrogens with one attached hydrogen (secondary N) is 3. The molecule has 0 aromatic heterocycles. The molecule has 1 aromatic carbocycles. The molecule has 0 heterocycles. The van der Waals surface area contributed by atoms with Crippen molar-refractivity contribution in [3.8, 4) is 0 Å². The minimum atomic E-state index is -0.720. The van der Waals surface area contributed by atoms with Crippen LogP contribution in [0, 0.1) is 0 Å². The maximum atomic E-state index is 11.6. The fourth-order valence-electron chi connectivity index (χ4n) is 1.97. The van der Waals surface area contributed by atoms with Gasteiger partial charge in [0.25, 0.3) is 0 Å². The van der Waals surface area contributed by atoms with Crippen LogP contribution in [0.25, 0.3) is 0 Å². The third-order valence-corrected chi connectivity index (χ3v) is 3.36. The summed E-state index contributed by atoms with van der Waals surface area (Å²) in [4.78, 5) is 15.9. The van der Waals surface area contributed by atoms with Gasteiger partial charge in [-0.05, 0) is 45.4 Å². The first kappa shape index (κ1) is 25.7. The van der Waals surface area contributed by atoms with Crippen LogP contribution in [-0.2, 0) is 4.74 Å². The fraction of sp³-hybridized carbons (Fsp3) is 0.556. The Morgan fingerprint density at radius 1 is 1.19 bits per heavy atom. The van der Waals surface area contributed by atoms with Crippen molar-refractivity contribution < 1.29 is 14.6 Å². The Morgan fingerprint density at radius 2 is 1.78 bits per heavy atom. The molecule has 27 heavy (non-hydrogen) atoms. The Labute approximate surface area is 183 Å². The number of alkyl carbamates (subject to hydrolysis) is 1. The topological polar surface area (TPSA) is 95.0 Å². The van der Waals surface area contributed by atoms with Crippen molar-refractivity contribution in [1.29, 1.82) is 0 Å². The molecule has 0 saturated heterocycles. The molecule has 1 unspecified atom stereocenters. The van der Waals surface area contributed by atoms with E-state index in [-0.39, 0.29) is 30.5 Å². The zero-order chi connectivity index (χ0) is 19.6. The molecule has 9 heteroatoms. The Bertz CT molecular complexity index is 591. The number of hydrogen-bond donors (Lipinski definition) is 4. The van der Waals surface area contributed by atoms with Gasteiger partial charge in [-0.25, -0.2) is 4.79 Å². The second-order valence-electron chi connectivity index (χ2n) is 6.64. The second kappa shape index (κ2) is 13.0. The first-order valence-electron chi connectivity index (χ1n) is 8.64. The van der Waals surface area contributed by atoms with Crippen molar-refractivity contribution in [2.75, 3.05) is 26.2 Å². The van der Waals surface area contributed by atoms with E-state index in [2.05, 4.69) is 20.9 Å². The van der Waals surface area contributed by atoms with Crippen LogP contribution in [0.1, 0.15) is 39.4 Å². The first-order valence-corrected chi connectivity index (χ1v) is 9.01. The molecule has 0 bridgehead atoms. The number of hydrogen-bond acceptors (Lipinski definition) is 4. The van der Waals surface area contributed by atoms with E-state index < -0.39 is 17.8 Å². The number of guanidine groups is 1. The van der Waals surface area contributed by atoms with E-state index in [1.807, 2.05) is 27.7 Å². The predicted molar refractivity (Wildman–Crippen MR) is 120 cm³/mol. The lowest BCUT2D eigenvalue weighted by atomic mass is 10.1. The third kappa shape index (κ3) is 11.9. The number of benzene rings is 1. The molecule has 0 radical (unpaired) electrons. The summed E-state index contributed by atoms with van der Waals surface area (Å²) >= 11 is 5.85. The van der Waals surface area contributed by atoms with Gasteiger partial charge in [0.2, 0.25) is 0 Å². The SMILES string of the molecule is CCNC(=NCC(O)c1ccc(Cl)cc1)NCCNC(=O)OC(C)(C)C.I. The average Bonchev–Trinajstić information content (AvgIpc) is 2.55. The van der Waals surface area contributed by atoms with Gasteiger partial charge >= 0.3 is 6.09 Å². The molecule has 1 atom stereocenters. The normalized spacial score (nSPS) is 12.6. The largest absolute Gasteiger partial charge is 0.444 e. The van der Waals surface area contributed by atoms with Crippen LogP contribution in [0.5, 0.6) is 0 Å². The summed E-state index contributed by atoms with van der Waals surface area (Å²) in [6.45, 7) is 9.14. The van der Waals surface area contributed by atoms with E-state index in [0.717, 1.165) is 5.56 Å². The molecule has 0 fully saturated rings. The minimum absolute atomic E-state index is 0. The van der Waals surface area contributed by atoms with E-state index in [1.54, 1.807) is 24.3 Å². The maximum absolute atomic E-state index is 11.6. The third-order valence-electron chi connectivity index (χ3n) is 3.11. The van der Waals surface area contributed by atoms with Crippen LogP contribution >= 0.6 is 35.6 Å². The van der Waals surface area contributed by atoms with E-state index >= 15 is 0 Å². The Kier molecular flexibility index (Phi) is 12.4. The molecular weight excluding hydrogens is 483 g/mol. The number of rotatable bonds is 7. The number of carbonyl (C=O) groups is 1. The summed E-state index contributed by atoms with van der Waals surface area (Å²) < 4.78 is 5.16. The van der Waals surface area contributed by atoms with Gasteiger partial charge in [0.1, 0.15) is 5.60 Å². The number of carbonyl (C=O) groups excluding carboxylic acids is 1. The maximum Gasteiger partial charge on any atom is 0.407 e. The van der Waals surface area contributed by atoms with Crippen LogP contribution in [0.3, 0.4) is 0 Å². The predicted octanol–water partition coefficient (Wildman–Crippen LogP) is 3.07. The molecule has 1 amide bonds. The Balaban J connectivity index is 0.00000676. The van der Waals surface area contributed by atoms with Gasteiger partial charge in [0, 0.05) is 24.7 Å². The number of halogens is 2. The summed E-state index contributed by atoms with van der Waals surface area (Å²) in [5, 5.41) is 19.7. The standard InChI is InChI=1S/C18H29ClN4O3.HI/c1-5-20-16(21-10-11-22-17(25)26-18(2,3)4)23-12-15(24)13-6-8-14(19)9-7-13;/h6-9,15,24H,5,10-12H2,1-4H3,(H,22,25)(H2,20,21,23);1H. The highest BCUT2D eigenvalue weighted by atomic mass is 127. The monoisotopic (exact) mass is 512 g/mol. The number of nitrogens with zero attached hydrogens (tertiary/aromatic N) is 1. The zero-order valence-electron chi connectivity index (χ0n) is 16.2. The van der Waals surface area contributed by atoms with E-state index in [0.29, 0.717) is 30.6 Å². The molecule has 0 saturated carbocycles. The molecular formula is C18H30ClIN4O3. The zero-order valence-corrected chi connectivity index (χ0v) is 19.3. The summed E-state index contributed by atoms with van der Waals surface area (Å²) in [5.74, 6) is 0.562. The molecule has 1 rings (SSSR count). The Hall–Kier alpha value is -1.26. The summed E-state index contributed by atoms with van der Waals surface area (Å²) in [6.07, 6.45) is -1.18.